The second-order valence-corrected chi connectivity index (χ2v) is 12.8. The number of fused-ring (bicyclic) bond motifs is 6. The van der Waals surface area contributed by atoms with Crippen molar-refractivity contribution in [3.8, 4) is 23.0 Å². The molecule has 0 unspecified atom stereocenters. The number of benzene rings is 2. The monoisotopic (exact) mass is 704 g/mol. The highest BCUT2D eigenvalue weighted by Crippen LogP contribution is 2.51. The van der Waals surface area contributed by atoms with E-state index in [1.807, 2.05) is 12.1 Å². The molecule has 6 atom stereocenters. The molecule has 0 spiro atoms. The van der Waals surface area contributed by atoms with E-state index in [1.165, 1.54) is 51.3 Å². The van der Waals surface area contributed by atoms with Crippen LogP contribution in [0.1, 0.15) is 51.1 Å². The molecule has 3 aliphatic rings. The minimum atomic E-state index is -0.670. The van der Waals surface area contributed by atoms with Crippen LogP contribution in [0.2, 0.25) is 0 Å². The van der Waals surface area contributed by atoms with E-state index in [0.717, 1.165) is 37.2 Å². The third-order valence-corrected chi connectivity index (χ3v) is 10.4. The molecule has 272 valence electrons. The highest BCUT2D eigenvalue weighted by atomic mass is 16.6. The first-order chi connectivity index (χ1) is 24.8. The molecular weight excluding hydrogens is 660 g/mol. The van der Waals surface area contributed by atoms with Crippen LogP contribution in [0.25, 0.3) is 10.9 Å². The van der Waals surface area contributed by atoms with Gasteiger partial charge in [0.1, 0.15) is 18.0 Å². The van der Waals surface area contributed by atoms with Crippen molar-refractivity contribution in [1.29, 1.82) is 0 Å². The van der Waals surface area contributed by atoms with Crippen LogP contribution < -0.4 is 18.9 Å². The zero-order valence-corrected chi connectivity index (χ0v) is 29.6. The largest absolute Gasteiger partial charge is 0.497 e. The molecule has 51 heavy (non-hydrogen) atoms. The van der Waals surface area contributed by atoms with Gasteiger partial charge in [-0.1, -0.05) is 0 Å². The van der Waals surface area contributed by atoms with Gasteiger partial charge < -0.3 is 42.6 Å². The lowest BCUT2D eigenvalue weighted by atomic mass is 9.63. The summed E-state index contributed by atoms with van der Waals surface area (Å²) >= 11 is 0. The van der Waals surface area contributed by atoms with Crippen molar-refractivity contribution in [3.63, 3.8) is 0 Å². The number of hydrogen-bond donors (Lipinski definition) is 1. The number of nitrogens with zero attached hydrogens (tertiary/aromatic N) is 1. The summed E-state index contributed by atoms with van der Waals surface area (Å²) in [6.45, 7) is 1.68. The van der Waals surface area contributed by atoms with Gasteiger partial charge in [0.15, 0.2) is 23.5 Å². The van der Waals surface area contributed by atoms with Gasteiger partial charge in [0.25, 0.3) is 0 Å². The Morgan fingerprint density at radius 2 is 1.71 bits per heavy atom. The van der Waals surface area contributed by atoms with Crippen molar-refractivity contribution < 1.29 is 52.0 Å². The number of nitrogens with one attached hydrogen (secondary N) is 1. The normalized spacial score (nSPS) is 23.7. The maximum Gasteiger partial charge on any atom is 0.338 e. The SMILES string of the molecule is COC(=O)[C@H]1[C@H]2C[C@@H]3c4[nH]c5cc(OC)ccc5c4CCN3C[C@H]2C[C@@H](OC(=O)c2cc(OC)c(OC)c(OC)c2)[C@@H]1OC.O=Cc1ccco1. The first-order valence-electron chi connectivity index (χ1n) is 16.8. The molecule has 1 aliphatic carbocycles. The first-order valence-corrected chi connectivity index (χ1v) is 16.8. The third-order valence-electron chi connectivity index (χ3n) is 10.4. The molecule has 0 bridgehead atoms. The van der Waals surface area contributed by atoms with Crippen LogP contribution >= 0.6 is 0 Å². The molecule has 0 amide bonds. The Hall–Kier alpha value is -5.01. The number of piperidine rings is 1. The second kappa shape index (κ2) is 15.5. The summed E-state index contributed by atoms with van der Waals surface area (Å²) in [6, 6.07) is 12.7. The lowest BCUT2D eigenvalue weighted by Crippen LogP contribution is -2.58. The lowest BCUT2D eigenvalue weighted by molar-refractivity contribution is -0.176. The summed E-state index contributed by atoms with van der Waals surface area (Å²) in [6.07, 6.45) is 3.05. The maximum atomic E-state index is 13.5. The topological polar surface area (TPSA) is 148 Å². The highest BCUT2D eigenvalue weighted by molar-refractivity contribution is 5.91. The predicted molar refractivity (Wildman–Crippen MR) is 185 cm³/mol. The van der Waals surface area contributed by atoms with E-state index in [2.05, 4.69) is 20.4 Å². The van der Waals surface area contributed by atoms with Crippen LogP contribution in [0, 0.1) is 17.8 Å². The van der Waals surface area contributed by atoms with E-state index in [-0.39, 0.29) is 29.4 Å². The average Bonchev–Trinajstić information content (AvgIpc) is 3.84. The van der Waals surface area contributed by atoms with Crippen molar-refractivity contribution in [2.45, 2.75) is 37.5 Å². The second-order valence-electron chi connectivity index (χ2n) is 12.8. The molecule has 4 aromatic rings. The highest BCUT2D eigenvalue weighted by Gasteiger charge is 2.54. The van der Waals surface area contributed by atoms with Crippen molar-refractivity contribution >= 4 is 29.1 Å². The molecule has 13 heteroatoms. The Morgan fingerprint density at radius 3 is 2.29 bits per heavy atom. The average molecular weight is 705 g/mol. The Morgan fingerprint density at radius 1 is 0.941 bits per heavy atom. The van der Waals surface area contributed by atoms with Crippen molar-refractivity contribution in [3.05, 3.63) is 71.3 Å². The fourth-order valence-corrected chi connectivity index (χ4v) is 8.12. The van der Waals surface area contributed by atoms with Gasteiger partial charge in [0.2, 0.25) is 5.75 Å². The van der Waals surface area contributed by atoms with Gasteiger partial charge in [-0.15, -0.1) is 0 Å². The fraction of sp³-hybridized carbons (Fsp3) is 0.447. The van der Waals surface area contributed by atoms with Crippen LogP contribution in [0.3, 0.4) is 0 Å². The van der Waals surface area contributed by atoms with Crippen LogP contribution in [-0.2, 0) is 25.4 Å². The Bertz CT molecular complexity index is 1830. The molecule has 13 nitrogen and oxygen atoms in total. The van der Waals surface area contributed by atoms with E-state index in [0.29, 0.717) is 35.7 Å². The van der Waals surface area contributed by atoms with Gasteiger partial charge in [0.05, 0.1) is 59.3 Å². The number of aromatic nitrogens is 1. The molecule has 1 saturated carbocycles. The van der Waals surface area contributed by atoms with Gasteiger partial charge in [0, 0.05) is 42.9 Å². The van der Waals surface area contributed by atoms with Crippen LogP contribution in [0.5, 0.6) is 23.0 Å². The minimum absolute atomic E-state index is 0.0170. The Kier molecular flexibility index (Phi) is 10.9. The standard InChI is InChI=1S/C33H40N2O9.C5H4O2/c1-38-19-7-8-20-21-9-10-35-16-18-13-27(44-32(36)17-11-25(39-2)30(41-4)26(12-17)40-3)31(42-5)28(33(37)43-6)22(18)15-24(35)29(21)34-23(20)14-19;6-4-5-2-1-3-7-5/h7-8,11-12,14,18,22,24,27-28,31,34H,9-10,13,15-16H2,1-6H3;1-4H/t18-,22+,24-,27-,28+,31+;/m1./s1. The number of esters is 2. The van der Waals surface area contributed by atoms with E-state index in [4.69, 9.17) is 33.2 Å². The number of aldehydes is 1. The quantitative estimate of drug-likeness (QED) is 0.179. The molecule has 1 saturated heterocycles. The maximum absolute atomic E-state index is 13.5. The number of H-pyrrole nitrogens is 1. The molecular formula is C38H44N2O11. The molecule has 4 heterocycles. The summed E-state index contributed by atoms with van der Waals surface area (Å²) in [5.41, 5.74) is 3.83. The number of carbonyl (C=O) groups is 3. The zero-order valence-electron chi connectivity index (χ0n) is 29.6. The number of ether oxygens (including phenoxy) is 7. The molecule has 2 fully saturated rings. The molecule has 7 rings (SSSR count). The molecule has 1 N–H and O–H groups in total. The smallest absolute Gasteiger partial charge is 0.338 e. The summed E-state index contributed by atoms with van der Waals surface area (Å²) < 4.78 is 43.7. The van der Waals surface area contributed by atoms with Crippen molar-refractivity contribution in [2.75, 3.05) is 55.7 Å². The minimum Gasteiger partial charge on any atom is -0.497 e. The van der Waals surface area contributed by atoms with E-state index < -0.39 is 24.1 Å². The van der Waals surface area contributed by atoms with Gasteiger partial charge in [-0.2, -0.15) is 0 Å². The number of rotatable bonds is 9. The van der Waals surface area contributed by atoms with Crippen LogP contribution in [0.15, 0.2) is 53.1 Å². The molecule has 2 aromatic carbocycles. The number of aromatic amines is 1. The van der Waals surface area contributed by atoms with E-state index >= 15 is 0 Å². The van der Waals surface area contributed by atoms with Crippen molar-refractivity contribution in [1.82, 2.24) is 9.88 Å². The Balaban J connectivity index is 0.000000573. The van der Waals surface area contributed by atoms with Gasteiger partial charge >= 0.3 is 11.9 Å². The van der Waals surface area contributed by atoms with Crippen LogP contribution in [0.4, 0.5) is 0 Å². The fourth-order valence-electron chi connectivity index (χ4n) is 8.12. The summed E-state index contributed by atoms with van der Waals surface area (Å²) in [7, 11) is 9.10. The lowest BCUT2D eigenvalue weighted by Gasteiger charge is -2.52. The number of methoxy groups -OCH3 is 6. The molecule has 2 aromatic heterocycles. The summed E-state index contributed by atoms with van der Waals surface area (Å²) in [5, 5.41) is 1.21. The summed E-state index contributed by atoms with van der Waals surface area (Å²) in [4.78, 5) is 42.9. The summed E-state index contributed by atoms with van der Waals surface area (Å²) in [5.74, 6) is 0.816. The zero-order chi connectivity index (χ0) is 36.2. The number of carbonyl (C=O) groups excluding carboxylic acids is 3. The predicted octanol–water partition coefficient (Wildman–Crippen LogP) is 5.26. The van der Waals surface area contributed by atoms with Crippen molar-refractivity contribution in [2.24, 2.45) is 17.8 Å². The van der Waals surface area contributed by atoms with Crippen LogP contribution in [-0.4, -0.2) is 96.1 Å². The van der Waals surface area contributed by atoms with Gasteiger partial charge in [-0.05, 0) is 73.1 Å². The molecule has 0 radical (unpaired) electrons. The van der Waals surface area contributed by atoms with E-state index in [9.17, 15) is 14.4 Å². The first kappa shape index (κ1) is 35.8. The number of furan rings is 1. The Labute approximate surface area is 296 Å². The molecule has 2 aliphatic heterocycles. The number of hydrogen-bond acceptors (Lipinski definition) is 12. The van der Waals surface area contributed by atoms with E-state index in [1.54, 1.807) is 38.5 Å². The van der Waals surface area contributed by atoms with Gasteiger partial charge in [-0.25, -0.2) is 4.79 Å². The van der Waals surface area contributed by atoms with Gasteiger partial charge in [-0.3, -0.25) is 14.5 Å². The third kappa shape index (κ3) is 6.87.